The van der Waals surface area contributed by atoms with Crippen LogP contribution in [0.15, 0.2) is 70.0 Å². The van der Waals surface area contributed by atoms with Gasteiger partial charge in [0.25, 0.3) is 0 Å². The smallest absolute Gasteiger partial charge is 0.223 e. The first kappa shape index (κ1) is 18.6. The summed E-state index contributed by atoms with van der Waals surface area (Å²) in [5, 5.41) is 3.61. The molecule has 1 N–H and O–H groups in total. The van der Waals surface area contributed by atoms with Gasteiger partial charge in [-0.2, -0.15) is 5.10 Å². The number of hydrazone groups is 1. The molecule has 2 aromatic rings. The van der Waals surface area contributed by atoms with E-state index in [4.69, 9.17) is 11.6 Å². The maximum Gasteiger partial charge on any atom is 0.223 e. The molecule has 1 heterocycles. The van der Waals surface area contributed by atoms with Crippen molar-refractivity contribution in [2.75, 3.05) is 6.54 Å². The van der Waals surface area contributed by atoms with Crippen molar-refractivity contribution < 1.29 is 16.8 Å². The number of hydrogen-bond acceptors (Lipinski definition) is 6. The van der Waals surface area contributed by atoms with Crippen LogP contribution in [0, 0.1) is 0 Å². The lowest BCUT2D eigenvalue weighted by Crippen LogP contribution is -2.34. The highest BCUT2D eigenvalue weighted by Crippen LogP contribution is 2.21. The molecule has 0 saturated carbocycles. The van der Waals surface area contributed by atoms with E-state index in [9.17, 15) is 16.8 Å². The van der Waals surface area contributed by atoms with E-state index in [1.165, 1.54) is 18.2 Å². The number of nitrogens with one attached hydrogen (secondary N) is 1. The van der Waals surface area contributed by atoms with Crippen molar-refractivity contribution in [3.8, 4) is 0 Å². The standard InChI is InChI=1S/C17H15ClN2O4S2/c18-14-8-6-13(7-9-14)10-11-25(21,22)16-12-19-20-17(16)26(23,24)15-4-2-1-3-5-15/h1-11,16,19H,12H2/b11-10+. The first-order valence-corrected chi connectivity index (χ1v) is 11.1. The minimum Gasteiger partial charge on any atom is -0.307 e. The molecule has 3 rings (SSSR count). The van der Waals surface area contributed by atoms with Crippen LogP contribution in [0.25, 0.3) is 6.08 Å². The number of nitrogens with zero attached hydrogens (tertiary/aromatic N) is 1. The minimum absolute atomic E-state index is 0.00401. The lowest BCUT2D eigenvalue weighted by molar-refractivity contribution is 0.595. The van der Waals surface area contributed by atoms with Crippen LogP contribution in [0.4, 0.5) is 0 Å². The van der Waals surface area contributed by atoms with Crippen molar-refractivity contribution in [1.82, 2.24) is 5.43 Å². The maximum atomic E-state index is 12.7. The highest BCUT2D eigenvalue weighted by atomic mass is 35.5. The van der Waals surface area contributed by atoms with Gasteiger partial charge in [0.05, 0.1) is 11.4 Å². The summed E-state index contributed by atoms with van der Waals surface area (Å²) in [6.45, 7) is -0.102. The predicted octanol–water partition coefficient (Wildman–Crippen LogP) is 2.48. The summed E-state index contributed by atoms with van der Waals surface area (Å²) >= 11 is 5.80. The molecule has 0 spiro atoms. The Labute approximate surface area is 157 Å². The highest BCUT2D eigenvalue weighted by Gasteiger charge is 2.40. The molecule has 6 nitrogen and oxygen atoms in total. The molecule has 0 aliphatic carbocycles. The fourth-order valence-electron chi connectivity index (χ4n) is 2.42. The van der Waals surface area contributed by atoms with E-state index in [2.05, 4.69) is 10.5 Å². The molecule has 0 bridgehead atoms. The summed E-state index contributed by atoms with van der Waals surface area (Å²) in [6, 6.07) is 14.2. The van der Waals surface area contributed by atoms with Gasteiger partial charge in [-0.15, -0.1) is 0 Å². The Morgan fingerprint density at radius 2 is 1.65 bits per heavy atom. The predicted molar refractivity (Wildman–Crippen MR) is 102 cm³/mol. The van der Waals surface area contributed by atoms with Gasteiger partial charge in [0.2, 0.25) is 9.84 Å². The lowest BCUT2D eigenvalue weighted by atomic mass is 10.2. The van der Waals surface area contributed by atoms with E-state index in [1.54, 1.807) is 42.5 Å². The van der Waals surface area contributed by atoms with E-state index in [0.29, 0.717) is 10.6 Å². The molecule has 0 amide bonds. The van der Waals surface area contributed by atoms with Crippen LogP contribution in [-0.2, 0) is 19.7 Å². The summed E-state index contributed by atoms with van der Waals surface area (Å²) in [6.07, 6.45) is 1.40. The van der Waals surface area contributed by atoms with Gasteiger partial charge in [-0.3, -0.25) is 0 Å². The third kappa shape index (κ3) is 3.82. The first-order valence-electron chi connectivity index (χ1n) is 7.59. The summed E-state index contributed by atoms with van der Waals surface area (Å²) in [5.74, 6) is 0. The average molecular weight is 411 g/mol. The van der Waals surface area contributed by atoms with Gasteiger partial charge in [-0.05, 0) is 35.9 Å². The Bertz CT molecular complexity index is 1060. The van der Waals surface area contributed by atoms with Gasteiger partial charge in [0, 0.05) is 10.4 Å². The van der Waals surface area contributed by atoms with Crippen LogP contribution in [-0.4, -0.2) is 33.7 Å². The van der Waals surface area contributed by atoms with Crippen molar-refractivity contribution in [2.24, 2.45) is 5.10 Å². The molecule has 136 valence electrons. The van der Waals surface area contributed by atoms with Gasteiger partial charge >= 0.3 is 0 Å². The molecule has 2 aromatic carbocycles. The average Bonchev–Trinajstić information content (AvgIpc) is 3.14. The molecule has 0 aromatic heterocycles. The van der Waals surface area contributed by atoms with E-state index in [-0.39, 0.29) is 11.4 Å². The number of rotatable bonds is 4. The normalized spacial score (nSPS) is 17.9. The van der Waals surface area contributed by atoms with Gasteiger partial charge in [-0.25, -0.2) is 16.8 Å². The van der Waals surface area contributed by atoms with E-state index in [1.807, 2.05) is 0 Å². The zero-order valence-electron chi connectivity index (χ0n) is 13.4. The molecule has 1 unspecified atom stereocenters. The summed E-state index contributed by atoms with van der Waals surface area (Å²) in [7, 11) is -7.90. The second kappa shape index (κ2) is 7.22. The molecule has 0 fully saturated rings. The number of benzene rings is 2. The Hall–Kier alpha value is -2.16. The Balaban J connectivity index is 1.90. The second-order valence-electron chi connectivity index (χ2n) is 5.56. The van der Waals surface area contributed by atoms with Crippen molar-refractivity contribution in [1.29, 1.82) is 0 Å². The van der Waals surface area contributed by atoms with Crippen molar-refractivity contribution in [3.63, 3.8) is 0 Å². The zero-order chi connectivity index (χ0) is 18.8. The Kier molecular flexibility index (Phi) is 5.17. The van der Waals surface area contributed by atoms with Crippen molar-refractivity contribution in [3.05, 3.63) is 70.6 Å². The Morgan fingerprint density at radius 1 is 1.00 bits per heavy atom. The van der Waals surface area contributed by atoms with Crippen LogP contribution in [0.5, 0.6) is 0 Å². The summed E-state index contributed by atoms with van der Waals surface area (Å²) < 4.78 is 50.8. The molecule has 0 radical (unpaired) electrons. The number of sulfone groups is 2. The lowest BCUT2D eigenvalue weighted by Gasteiger charge is -2.11. The molecule has 26 heavy (non-hydrogen) atoms. The van der Waals surface area contributed by atoms with Crippen molar-refractivity contribution in [2.45, 2.75) is 10.1 Å². The van der Waals surface area contributed by atoms with Crippen LogP contribution < -0.4 is 5.43 Å². The zero-order valence-corrected chi connectivity index (χ0v) is 15.8. The molecule has 1 aliphatic rings. The van der Waals surface area contributed by atoms with Crippen LogP contribution in [0.2, 0.25) is 5.02 Å². The summed E-state index contributed by atoms with van der Waals surface area (Å²) in [4.78, 5) is 0.00401. The molecule has 1 atom stereocenters. The fraction of sp³-hybridized carbons (Fsp3) is 0.118. The monoisotopic (exact) mass is 410 g/mol. The van der Waals surface area contributed by atoms with Gasteiger partial charge in [0.15, 0.2) is 14.9 Å². The molecule has 0 saturated heterocycles. The third-order valence-corrected chi connectivity index (χ3v) is 7.71. The van der Waals surface area contributed by atoms with Crippen LogP contribution in [0.1, 0.15) is 5.56 Å². The van der Waals surface area contributed by atoms with Gasteiger partial charge in [-0.1, -0.05) is 41.9 Å². The largest absolute Gasteiger partial charge is 0.307 e. The molecule has 1 aliphatic heterocycles. The molecular weight excluding hydrogens is 396 g/mol. The third-order valence-electron chi connectivity index (χ3n) is 3.79. The maximum absolute atomic E-state index is 12.7. The molecule has 9 heteroatoms. The van der Waals surface area contributed by atoms with E-state index < -0.39 is 30.0 Å². The number of hydrogen-bond donors (Lipinski definition) is 1. The minimum atomic E-state index is -4.00. The first-order chi connectivity index (χ1) is 12.3. The van der Waals surface area contributed by atoms with Gasteiger partial charge in [0.1, 0.15) is 5.25 Å². The van der Waals surface area contributed by atoms with Gasteiger partial charge < -0.3 is 5.43 Å². The number of halogens is 1. The quantitative estimate of drug-likeness (QED) is 0.835. The SMILES string of the molecule is O=S(=O)(C1=NNCC1S(=O)(=O)/C=C/c1ccc(Cl)cc1)c1ccccc1. The van der Waals surface area contributed by atoms with Crippen LogP contribution >= 0.6 is 11.6 Å². The topological polar surface area (TPSA) is 92.7 Å². The second-order valence-corrected chi connectivity index (χ2v) is 9.91. The van der Waals surface area contributed by atoms with E-state index in [0.717, 1.165) is 5.41 Å². The van der Waals surface area contributed by atoms with Crippen LogP contribution in [0.3, 0.4) is 0 Å². The highest BCUT2D eigenvalue weighted by molar-refractivity contribution is 8.09. The van der Waals surface area contributed by atoms with E-state index >= 15 is 0 Å². The fourth-order valence-corrected chi connectivity index (χ4v) is 5.87. The molecular formula is C17H15ClN2O4S2. The summed E-state index contributed by atoms with van der Waals surface area (Å²) in [5.41, 5.74) is 3.12. The van der Waals surface area contributed by atoms with Crippen molar-refractivity contribution >= 4 is 42.4 Å². The Morgan fingerprint density at radius 3 is 2.31 bits per heavy atom.